The standard InChI is InChI=1S/C13H19N3O3S/c1-8-4-5-16(8)12(18)9-6-20-11(15-9)10(17)14-7-13(2,3)19/h6,8,19H,4-5,7H2,1-3H3,(H,14,17). The average Bonchev–Trinajstić information content (AvgIpc) is 2.82. The van der Waals surface area contributed by atoms with E-state index in [1.807, 2.05) is 6.92 Å². The van der Waals surface area contributed by atoms with Crippen LogP contribution in [0, 0.1) is 0 Å². The van der Waals surface area contributed by atoms with Gasteiger partial charge in [0, 0.05) is 24.5 Å². The molecule has 0 aromatic carbocycles. The van der Waals surface area contributed by atoms with Gasteiger partial charge in [-0.2, -0.15) is 0 Å². The number of likely N-dealkylation sites (tertiary alicyclic amines) is 1. The van der Waals surface area contributed by atoms with Crippen LogP contribution in [0.25, 0.3) is 0 Å². The van der Waals surface area contributed by atoms with Gasteiger partial charge in [0.2, 0.25) is 0 Å². The predicted octanol–water partition coefficient (Wildman–Crippen LogP) is 0.878. The van der Waals surface area contributed by atoms with Gasteiger partial charge < -0.3 is 15.3 Å². The minimum atomic E-state index is -0.974. The number of aromatic nitrogens is 1. The van der Waals surface area contributed by atoms with Crippen molar-refractivity contribution in [2.24, 2.45) is 0 Å². The number of thiazole rings is 1. The normalized spacial score (nSPS) is 18.6. The van der Waals surface area contributed by atoms with Crippen molar-refractivity contribution in [3.8, 4) is 0 Å². The first-order valence-electron chi connectivity index (χ1n) is 6.55. The number of nitrogens with one attached hydrogen (secondary N) is 1. The van der Waals surface area contributed by atoms with Crippen molar-refractivity contribution in [2.75, 3.05) is 13.1 Å². The van der Waals surface area contributed by atoms with Crippen molar-refractivity contribution >= 4 is 23.2 Å². The van der Waals surface area contributed by atoms with Crippen LogP contribution in [0.15, 0.2) is 5.38 Å². The Balaban J connectivity index is 1.98. The SMILES string of the molecule is CC1CCN1C(=O)c1csc(C(=O)NCC(C)(C)O)n1. The van der Waals surface area contributed by atoms with Crippen LogP contribution in [0.3, 0.4) is 0 Å². The van der Waals surface area contributed by atoms with Crippen molar-refractivity contribution in [3.63, 3.8) is 0 Å². The summed E-state index contributed by atoms with van der Waals surface area (Å²) in [4.78, 5) is 29.8. The van der Waals surface area contributed by atoms with Crippen molar-refractivity contribution in [1.82, 2.24) is 15.2 Å². The highest BCUT2D eigenvalue weighted by Crippen LogP contribution is 2.21. The molecule has 1 aliphatic rings. The molecule has 6 nitrogen and oxygen atoms in total. The highest BCUT2D eigenvalue weighted by molar-refractivity contribution is 7.11. The summed E-state index contributed by atoms with van der Waals surface area (Å²) >= 11 is 1.14. The maximum atomic E-state index is 12.1. The Kier molecular flexibility index (Phi) is 4.10. The molecule has 1 aliphatic heterocycles. The number of hydrogen-bond donors (Lipinski definition) is 2. The van der Waals surface area contributed by atoms with Crippen molar-refractivity contribution in [3.05, 3.63) is 16.1 Å². The second kappa shape index (κ2) is 5.49. The predicted molar refractivity (Wildman–Crippen MR) is 75.9 cm³/mol. The lowest BCUT2D eigenvalue weighted by Gasteiger charge is -2.38. The van der Waals surface area contributed by atoms with E-state index in [0.29, 0.717) is 5.69 Å². The molecule has 2 heterocycles. The molecule has 0 saturated carbocycles. The fraction of sp³-hybridized carbons (Fsp3) is 0.615. The maximum Gasteiger partial charge on any atom is 0.280 e. The zero-order valence-corrected chi connectivity index (χ0v) is 12.7. The molecular weight excluding hydrogens is 278 g/mol. The molecule has 1 aromatic rings. The highest BCUT2D eigenvalue weighted by Gasteiger charge is 2.30. The van der Waals surface area contributed by atoms with Crippen LogP contribution < -0.4 is 5.32 Å². The Morgan fingerprint density at radius 2 is 2.30 bits per heavy atom. The van der Waals surface area contributed by atoms with Gasteiger partial charge in [-0.25, -0.2) is 4.98 Å². The molecule has 110 valence electrons. The van der Waals surface area contributed by atoms with Gasteiger partial charge in [0.1, 0.15) is 5.69 Å². The van der Waals surface area contributed by atoms with Gasteiger partial charge in [0.25, 0.3) is 11.8 Å². The Morgan fingerprint density at radius 3 is 2.80 bits per heavy atom. The third-order valence-electron chi connectivity index (χ3n) is 3.18. The molecule has 1 atom stereocenters. The molecule has 1 saturated heterocycles. The van der Waals surface area contributed by atoms with E-state index in [1.165, 1.54) is 0 Å². The van der Waals surface area contributed by atoms with Crippen molar-refractivity contribution in [1.29, 1.82) is 0 Å². The molecular formula is C13H19N3O3S. The number of amides is 2. The van der Waals surface area contributed by atoms with Gasteiger partial charge in [-0.05, 0) is 27.2 Å². The summed E-state index contributed by atoms with van der Waals surface area (Å²) in [5.74, 6) is -0.491. The topological polar surface area (TPSA) is 82.5 Å². The zero-order chi connectivity index (χ0) is 14.9. The smallest absolute Gasteiger partial charge is 0.280 e. The average molecular weight is 297 g/mol. The van der Waals surface area contributed by atoms with Crippen LogP contribution in [0.1, 0.15) is 47.5 Å². The van der Waals surface area contributed by atoms with E-state index in [2.05, 4.69) is 10.3 Å². The van der Waals surface area contributed by atoms with E-state index in [4.69, 9.17) is 0 Å². The first-order valence-corrected chi connectivity index (χ1v) is 7.43. The van der Waals surface area contributed by atoms with E-state index in [1.54, 1.807) is 24.1 Å². The second-order valence-electron chi connectivity index (χ2n) is 5.67. The van der Waals surface area contributed by atoms with Gasteiger partial charge in [0.15, 0.2) is 5.01 Å². The van der Waals surface area contributed by atoms with E-state index in [9.17, 15) is 14.7 Å². The van der Waals surface area contributed by atoms with Crippen molar-refractivity contribution < 1.29 is 14.7 Å². The lowest BCUT2D eigenvalue weighted by atomic mass is 10.1. The molecule has 1 fully saturated rings. The third kappa shape index (κ3) is 3.34. The Labute approximate surface area is 121 Å². The van der Waals surface area contributed by atoms with Crippen LogP contribution in [0.4, 0.5) is 0 Å². The highest BCUT2D eigenvalue weighted by atomic mass is 32.1. The van der Waals surface area contributed by atoms with Crippen LogP contribution in [-0.2, 0) is 0 Å². The van der Waals surface area contributed by atoms with Gasteiger partial charge in [-0.1, -0.05) is 0 Å². The van der Waals surface area contributed by atoms with E-state index in [-0.39, 0.29) is 29.4 Å². The monoisotopic (exact) mass is 297 g/mol. The first-order chi connectivity index (χ1) is 9.28. The summed E-state index contributed by atoms with van der Waals surface area (Å²) in [5.41, 5.74) is -0.659. The number of hydrogen-bond acceptors (Lipinski definition) is 5. The largest absolute Gasteiger partial charge is 0.389 e. The minimum absolute atomic E-state index is 0.124. The molecule has 7 heteroatoms. The molecule has 1 aromatic heterocycles. The van der Waals surface area contributed by atoms with Crippen LogP contribution in [0.2, 0.25) is 0 Å². The molecule has 0 bridgehead atoms. The zero-order valence-electron chi connectivity index (χ0n) is 11.8. The summed E-state index contributed by atoms with van der Waals surface area (Å²) in [6.07, 6.45) is 1.01. The van der Waals surface area contributed by atoms with E-state index >= 15 is 0 Å². The second-order valence-corrected chi connectivity index (χ2v) is 6.53. The maximum absolute atomic E-state index is 12.1. The lowest BCUT2D eigenvalue weighted by Crippen LogP contribution is -2.49. The number of carbonyl (C=O) groups excluding carboxylic acids is 2. The van der Waals surface area contributed by atoms with Crippen LogP contribution in [0.5, 0.6) is 0 Å². The number of aliphatic hydroxyl groups is 1. The van der Waals surface area contributed by atoms with Gasteiger partial charge in [-0.3, -0.25) is 9.59 Å². The molecule has 2 amide bonds. The first kappa shape index (κ1) is 14.9. The fourth-order valence-corrected chi connectivity index (χ4v) is 2.52. The lowest BCUT2D eigenvalue weighted by molar-refractivity contribution is 0.0496. The number of nitrogens with zero attached hydrogens (tertiary/aromatic N) is 2. The molecule has 1 unspecified atom stereocenters. The minimum Gasteiger partial charge on any atom is -0.389 e. The summed E-state index contributed by atoms with van der Waals surface area (Å²) < 4.78 is 0. The van der Waals surface area contributed by atoms with Gasteiger partial charge in [0.05, 0.1) is 5.60 Å². The van der Waals surface area contributed by atoms with Crippen molar-refractivity contribution in [2.45, 2.75) is 38.8 Å². The van der Waals surface area contributed by atoms with E-state index in [0.717, 1.165) is 24.3 Å². The molecule has 0 spiro atoms. The van der Waals surface area contributed by atoms with Gasteiger partial charge in [-0.15, -0.1) is 11.3 Å². The van der Waals surface area contributed by atoms with Gasteiger partial charge >= 0.3 is 0 Å². The summed E-state index contributed by atoms with van der Waals surface area (Å²) in [6.45, 7) is 6.09. The Hall–Kier alpha value is -1.47. The fourth-order valence-electron chi connectivity index (χ4n) is 1.81. The Morgan fingerprint density at radius 1 is 1.60 bits per heavy atom. The molecule has 20 heavy (non-hydrogen) atoms. The van der Waals surface area contributed by atoms with E-state index < -0.39 is 5.60 Å². The summed E-state index contributed by atoms with van der Waals surface area (Å²) in [6, 6.07) is 0.247. The number of rotatable bonds is 4. The van der Waals surface area contributed by atoms with Crippen LogP contribution in [-0.4, -0.2) is 51.5 Å². The summed E-state index contributed by atoms with van der Waals surface area (Å²) in [5, 5.41) is 14.0. The van der Waals surface area contributed by atoms with Crippen LogP contribution >= 0.6 is 11.3 Å². The third-order valence-corrected chi connectivity index (χ3v) is 4.02. The Bertz CT molecular complexity index is 521. The molecule has 2 N–H and O–H groups in total. The molecule has 0 radical (unpaired) electrons. The molecule has 2 rings (SSSR count). The molecule has 0 aliphatic carbocycles. The quantitative estimate of drug-likeness (QED) is 0.864. The summed E-state index contributed by atoms with van der Waals surface area (Å²) in [7, 11) is 0. The number of carbonyl (C=O) groups is 2.